The molecule has 2 saturated heterocycles. The Morgan fingerprint density at radius 2 is 1.60 bits per heavy atom. The molecule has 4 bridgehead atoms. The van der Waals surface area contributed by atoms with Gasteiger partial charge in [0, 0.05) is 44.0 Å². The monoisotopic (exact) mass is 493 g/mol. The number of morpholine rings is 1. The molecule has 35 heavy (non-hydrogen) atoms. The van der Waals surface area contributed by atoms with Crippen molar-refractivity contribution in [3.05, 3.63) is 17.5 Å². The Morgan fingerprint density at radius 3 is 2.17 bits per heavy atom. The number of amides is 1. The first-order valence-corrected chi connectivity index (χ1v) is 13.1. The summed E-state index contributed by atoms with van der Waals surface area (Å²) in [5.74, 6) is 1.33. The van der Waals surface area contributed by atoms with Gasteiger partial charge in [0.05, 0.1) is 18.8 Å². The zero-order chi connectivity index (χ0) is 24.2. The van der Waals surface area contributed by atoms with Crippen LogP contribution < -0.4 is 5.32 Å². The molecular formula is C25H34F3N5O2. The second-order valence-electron chi connectivity index (χ2n) is 11.4. The molecule has 7 rings (SSSR count). The lowest BCUT2D eigenvalue weighted by atomic mass is 9.53. The van der Waals surface area contributed by atoms with Crippen LogP contribution in [0, 0.1) is 17.8 Å². The first kappa shape index (κ1) is 23.5. The molecule has 0 unspecified atom stereocenters. The smallest absolute Gasteiger partial charge is 0.379 e. The van der Waals surface area contributed by atoms with Crippen LogP contribution in [0.25, 0.3) is 0 Å². The van der Waals surface area contributed by atoms with Gasteiger partial charge in [0.1, 0.15) is 0 Å². The third-order valence-corrected chi connectivity index (χ3v) is 9.02. The first-order chi connectivity index (χ1) is 16.8. The van der Waals surface area contributed by atoms with E-state index in [1.165, 1.54) is 24.2 Å². The minimum absolute atomic E-state index is 0.00171. The zero-order valence-electron chi connectivity index (χ0n) is 20.0. The molecule has 1 aromatic rings. The van der Waals surface area contributed by atoms with Crippen LogP contribution in [0.15, 0.2) is 6.20 Å². The van der Waals surface area contributed by atoms with Crippen LogP contribution in [0.3, 0.4) is 0 Å². The van der Waals surface area contributed by atoms with E-state index in [0.29, 0.717) is 50.1 Å². The molecule has 0 aromatic carbocycles. The van der Waals surface area contributed by atoms with Gasteiger partial charge in [-0.2, -0.15) is 13.2 Å². The molecule has 192 valence electrons. The molecule has 1 amide bonds. The van der Waals surface area contributed by atoms with Gasteiger partial charge in [-0.1, -0.05) is 0 Å². The lowest BCUT2D eigenvalue weighted by Crippen LogP contribution is -2.55. The summed E-state index contributed by atoms with van der Waals surface area (Å²) in [5, 5.41) is 3.32. The summed E-state index contributed by atoms with van der Waals surface area (Å²) in [6.07, 6.45) is 4.52. The standard InChI is InChI=1S/C25H34F3N5O2/c26-25(27,28)21-20(22(34)33-3-1-19(2-4-33)32-5-7-35-8-6-32)15-29-23(30-21)31-24-12-16-9-17(13-24)11-18(10-16)14-24/h15-19H,1-14H2,(H,29,30,31). The highest BCUT2D eigenvalue weighted by atomic mass is 19.4. The van der Waals surface area contributed by atoms with Crippen molar-refractivity contribution in [2.45, 2.75) is 69.1 Å². The number of piperidine rings is 1. The summed E-state index contributed by atoms with van der Waals surface area (Å²) < 4.78 is 47.6. The Labute approximate surface area is 203 Å². The minimum Gasteiger partial charge on any atom is -0.379 e. The number of alkyl halides is 3. The van der Waals surface area contributed by atoms with Gasteiger partial charge < -0.3 is 15.0 Å². The van der Waals surface area contributed by atoms with Crippen molar-refractivity contribution in [3.8, 4) is 0 Å². The third-order valence-electron chi connectivity index (χ3n) is 9.02. The van der Waals surface area contributed by atoms with E-state index in [1.54, 1.807) is 0 Å². The molecule has 2 aliphatic heterocycles. The van der Waals surface area contributed by atoms with Crippen molar-refractivity contribution in [3.63, 3.8) is 0 Å². The Bertz CT molecular complexity index is 922. The summed E-state index contributed by atoms with van der Waals surface area (Å²) in [6.45, 7) is 4.01. The van der Waals surface area contributed by atoms with Crippen LogP contribution >= 0.6 is 0 Å². The number of rotatable bonds is 4. The maximum atomic E-state index is 14.1. The van der Waals surface area contributed by atoms with Gasteiger partial charge in [-0.05, 0) is 69.1 Å². The number of nitrogens with zero attached hydrogens (tertiary/aromatic N) is 4. The minimum atomic E-state index is -4.72. The average molecular weight is 494 g/mol. The van der Waals surface area contributed by atoms with Crippen LogP contribution in [0.2, 0.25) is 0 Å². The van der Waals surface area contributed by atoms with Gasteiger partial charge >= 0.3 is 6.18 Å². The number of ether oxygens (including phenoxy) is 1. The highest BCUT2D eigenvalue weighted by Gasteiger charge is 2.51. The van der Waals surface area contributed by atoms with E-state index >= 15 is 0 Å². The fourth-order valence-corrected chi connectivity index (χ4v) is 7.86. The lowest BCUT2D eigenvalue weighted by molar-refractivity contribution is -0.141. The second-order valence-corrected chi connectivity index (χ2v) is 11.4. The van der Waals surface area contributed by atoms with E-state index in [2.05, 4.69) is 20.2 Å². The van der Waals surface area contributed by atoms with Gasteiger partial charge in [0.25, 0.3) is 5.91 Å². The maximum absolute atomic E-state index is 14.1. The van der Waals surface area contributed by atoms with Gasteiger partial charge in [0.15, 0.2) is 5.69 Å². The molecule has 4 saturated carbocycles. The van der Waals surface area contributed by atoms with E-state index in [0.717, 1.165) is 51.4 Å². The van der Waals surface area contributed by atoms with E-state index in [1.807, 2.05) is 0 Å². The number of hydrogen-bond acceptors (Lipinski definition) is 6. The number of halogens is 3. The van der Waals surface area contributed by atoms with E-state index in [4.69, 9.17) is 4.74 Å². The number of anilines is 1. The molecule has 0 spiro atoms. The van der Waals surface area contributed by atoms with Crippen LogP contribution in [-0.4, -0.2) is 76.6 Å². The van der Waals surface area contributed by atoms with Crippen molar-refractivity contribution < 1.29 is 22.7 Å². The average Bonchev–Trinajstić information content (AvgIpc) is 2.83. The van der Waals surface area contributed by atoms with Crippen LogP contribution in [0.5, 0.6) is 0 Å². The number of aromatic nitrogens is 2. The Balaban J connectivity index is 1.17. The molecule has 0 atom stereocenters. The molecule has 4 aliphatic carbocycles. The normalized spacial score (nSPS) is 33.8. The predicted octanol–water partition coefficient (Wildman–Crippen LogP) is 3.81. The van der Waals surface area contributed by atoms with E-state index in [-0.39, 0.29) is 11.5 Å². The van der Waals surface area contributed by atoms with Crippen molar-refractivity contribution >= 4 is 11.9 Å². The zero-order valence-corrected chi connectivity index (χ0v) is 20.0. The highest BCUT2D eigenvalue weighted by molar-refractivity contribution is 5.95. The second kappa shape index (κ2) is 8.87. The van der Waals surface area contributed by atoms with Crippen molar-refractivity contribution in [1.29, 1.82) is 0 Å². The van der Waals surface area contributed by atoms with E-state index < -0.39 is 23.3 Å². The molecule has 3 heterocycles. The highest BCUT2D eigenvalue weighted by Crippen LogP contribution is 2.56. The van der Waals surface area contributed by atoms with Crippen molar-refractivity contribution in [2.75, 3.05) is 44.7 Å². The number of likely N-dealkylation sites (tertiary alicyclic amines) is 1. The SMILES string of the molecule is O=C(c1cnc(NC23CC4CC(CC(C4)C2)C3)nc1C(F)(F)F)N1CCC(N2CCOCC2)CC1. The summed E-state index contributed by atoms with van der Waals surface area (Å²) in [7, 11) is 0. The Kier molecular flexibility index (Phi) is 5.94. The van der Waals surface area contributed by atoms with E-state index in [9.17, 15) is 18.0 Å². The molecule has 1 N–H and O–H groups in total. The number of nitrogens with one attached hydrogen (secondary N) is 1. The molecule has 6 fully saturated rings. The number of carbonyl (C=O) groups is 1. The third kappa shape index (κ3) is 4.63. The summed E-state index contributed by atoms with van der Waals surface area (Å²) in [4.78, 5) is 25.2. The van der Waals surface area contributed by atoms with Crippen molar-refractivity contribution in [2.24, 2.45) is 17.8 Å². The molecule has 6 aliphatic rings. The van der Waals surface area contributed by atoms with Crippen molar-refractivity contribution in [1.82, 2.24) is 19.8 Å². The summed E-state index contributed by atoms with van der Waals surface area (Å²) in [5.41, 5.74) is -1.77. The largest absolute Gasteiger partial charge is 0.434 e. The topological polar surface area (TPSA) is 70.6 Å². The van der Waals surface area contributed by atoms with Crippen LogP contribution in [0.1, 0.15) is 67.4 Å². The number of carbonyl (C=O) groups excluding carboxylic acids is 1. The Morgan fingerprint density at radius 1 is 1.00 bits per heavy atom. The summed E-state index contributed by atoms with van der Waals surface area (Å²) in [6, 6.07) is 0.341. The van der Waals surface area contributed by atoms with Gasteiger partial charge in [0.2, 0.25) is 5.95 Å². The maximum Gasteiger partial charge on any atom is 0.434 e. The van der Waals surface area contributed by atoms with Crippen LogP contribution in [-0.2, 0) is 10.9 Å². The summed E-state index contributed by atoms with van der Waals surface area (Å²) >= 11 is 0. The molecule has 0 radical (unpaired) electrons. The Hall–Kier alpha value is -1.94. The first-order valence-electron chi connectivity index (χ1n) is 13.1. The van der Waals surface area contributed by atoms with Crippen LogP contribution in [0.4, 0.5) is 19.1 Å². The van der Waals surface area contributed by atoms with Gasteiger partial charge in [-0.15, -0.1) is 0 Å². The number of hydrogen-bond donors (Lipinski definition) is 1. The molecular weight excluding hydrogens is 459 g/mol. The quantitative estimate of drug-likeness (QED) is 0.688. The fraction of sp³-hybridized carbons (Fsp3) is 0.800. The molecule has 10 heteroatoms. The lowest BCUT2D eigenvalue weighted by Gasteiger charge is -2.56. The van der Waals surface area contributed by atoms with Gasteiger partial charge in [-0.25, -0.2) is 9.97 Å². The fourth-order valence-electron chi connectivity index (χ4n) is 7.86. The van der Waals surface area contributed by atoms with Gasteiger partial charge in [-0.3, -0.25) is 9.69 Å². The predicted molar refractivity (Wildman–Crippen MR) is 123 cm³/mol. The molecule has 7 nitrogen and oxygen atoms in total. The molecule has 1 aromatic heterocycles.